The fraction of sp³-hybridized carbons (Fsp3) is 0.314. The van der Waals surface area contributed by atoms with Crippen LogP contribution in [0.25, 0.3) is 0 Å². The SMILES string of the molecule is Cc1ccccc1NC(=O)COc1ccc([C@@H]2c3sc(=O)[nH]c3S[C@@H]3[C@@H]4C[C@@H]([C@@H]5C(=O)N(c6cccc(C(F)(F)F)c6)C(=O)[C@@H]45)[C@H]23)cc1. The molecule has 0 unspecified atom stereocenters. The minimum atomic E-state index is -4.61. The van der Waals surface area contributed by atoms with E-state index in [1.54, 1.807) is 12.1 Å². The number of hydrogen-bond donors (Lipinski definition) is 2. The van der Waals surface area contributed by atoms with Crippen molar-refractivity contribution < 1.29 is 32.3 Å². The van der Waals surface area contributed by atoms with E-state index in [1.807, 2.05) is 43.3 Å². The van der Waals surface area contributed by atoms with Crippen LogP contribution in [0.2, 0.25) is 0 Å². The fourth-order valence-electron chi connectivity index (χ4n) is 8.29. The summed E-state index contributed by atoms with van der Waals surface area (Å²) in [6.07, 6.45) is -3.96. The van der Waals surface area contributed by atoms with Crippen molar-refractivity contribution in [2.24, 2.45) is 29.6 Å². The van der Waals surface area contributed by atoms with Gasteiger partial charge in [-0.3, -0.25) is 24.1 Å². The number of aryl methyl sites for hydroxylation is 1. The van der Waals surface area contributed by atoms with Crippen LogP contribution in [0.3, 0.4) is 0 Å². The van der Waals surface area contributed by atoms with Gasteiger partial charge < -0.3 is 15.0 Å². The molecule has 2 aliphatic carbocycles. The lowest BCUT2D eigenvalue weighted by Gasteiger charge is -2.43. The molecule has 2 saturated carbocycles. The van der Waals surface area contributed by atoms with Gasteiger partial charge in [0, 0.05) is 21.7 Å². The predicted octanol–water partition coefficient (Wildman–Crippen LogP) is 6.46. The monoisotopic (exact) mass is 691 g/mol. The summed E-state index contributed by atoms with van der Waals surface area (Å²) in [6.45, 7) is 1.71. The van der Waals surface area contributed by atoms with Gasteiger partial charge in [0.2, 0.25) is 11.8 Å². The van der Waals surface area contributed by atoms with Crippen LogP contribution in [0.4, 0.5) is 24.5 Å². The molecule has 1 saturated heterocycles. The maximum atomic E-state index is 13.9. The van der Waals surface area contributed by atoms with E-state index in [-0.39, 0.29) is 52.0 Å². The van der Waals surface area contributed by atoms with E-state index >= 15 is 0 Å². The first-order chi connectivity index (χ1) is 23.0. The van der Waals surface area contributed by atoms with Crippen LogP contribution in [0.15, 0.2) is 82.6 Å². The highest BCUT2D eigenvalue weighted by Gasteiger charge is 2.69. The summed E-state index contributed by atoms with van der Waals surface area (Å²) in [5, 5.41) is 3.52. The Balaban J connectivity index is 1.06. The number of para-hydroxylation sites is 1. The second-order valence-electron chi connectivity index (χ2n) is 12.7. The third kappa shape index (κ3) is 4.97. The number of nitrogens with zero attached hydrogens (tertiary/aromatic N) is 1. The number of aromatic nitrogens is 1. The van der Waals surface area contributed by atoms with Gasteiger partial charge >= 0.3 is 11.0 Å². The lowest BCUT2D eigenvalue weighted by Crippen LogP contribution is -2.42. The van der Waals surface area contributed by atoms with Crippen molar-refractivity contribution in [1.82, 2.24) is 4.98 Å². The van der Waals surface area contributed by atoms with Crippen LogP contribution < -0.4 is 19.8 Å². The molecule has 48 heavy (non-hydrogen) atoms. The highest BCUT2D eigenvalue weighted by Crippen LogP contribution is 2.68. The number of thiazole rings is 1. The number of amides is 3. The highest BCUT2D eigenvalue weighted by molar-refractivity contribution is 8.00. The van der Waals surface area contributed by atoms with Crippen LogP contribution in [-0.4, -0.2) is 34.6 Å². The quantitative estimate of drug-likeness (QED) is 0.225. The number of carbonyl (C=O) groups is 3. The zero-order valence-electron chi connectivity index (χ0n) is 25.3. The number of anilines is 2. The number of benzene rings is 3. The van der Waals surface area contributed by atoms with Crippen LogP contribution in [0, 0.1) is 36.5 Å². The number of imide groups is 1. The van der Waals surface area contributed by atoms with Crippen molar-refractivity contribution in [3.8, 4) is 5.75 Å². The van der Waals surface area contributed by atoms with Gasteiger partial charge in [0.25, 0.3) is 5.91 Å². The Kier molecular flexibility index (Phi) is 7.33. The maximum Gasteiger partial charge on any atom is 0.416 e. The molecule has 3 heterocycles. The number of halogens is 3. The Morgan fingerprint density at radius 2 is 1.71 bits per heavy atom. The number of thioether (sulfide) groups is 1. The number of H-pyrrole nitrogens is 1. The van der Waals surface area contributed by atoms with Gasteiger partial charge in [-0.05, 0) is 78.6 Å². The van der Waals surface area contributed by atoms with Crippen LogP contribution >= 0.6 is 23.1 Å². The van der Waals surface area contributed by atoms with Gasteiger partial charge in [0.05, 0.1) is 28.1 Å². The number of nitrogens with one attached hydrogen (secondary N) is 2. The smallest absolute Gasteiger partial charge is 0.416 e. The number of alkyl halides is 3. The minimum Gasteiger partial charge on any atom is -0.484 e. The normalized spacial score (nSPS) is 27.1. The average Bonchev–Trinajstić information content (AvgIpc) is 3.80. The molecule has 13 heteroatoms. The zero-order valence-corrected chi connectivity index (χ0v) is 27.0. The van der Waals surface area contributed by atoms with E-state index in [9.17, 15) is 32.3 Å². The number of carbonyl (C=O) groups excluding carboxylic acids is 3. The molecule has 3 amide bonds. The van der Waals surface area contributed by atoms with E-state index in [0.29, 0.717) is 17.9 Å². The molecule has 7 atom stereocenters. The van der Waals surface area contributed by atoms with Crippen molar-refractivity contribution in [2.75, 3.05) is 16.8 Å². The topological polar surface area (TPSA) is 109 Å². The second-order valence-corrected chi connectivity index (χ2v) is 14.9. The van der Waals surface area contributed by atoms with E-state index in [1.165, 1.54) is 23.9 Å². The Morgan fingerprint density at radius 1 is 0.979 bits per heavy atom. The Bertz CT molecular complexity index is 2030. The number of hydrogen-bond acceptors (Lipinski definition) is 7. The van der Waals surface area contributed by atoms with Crippen molar-refractivity contribution in [3.63, 3.8) is 0 Å². The molecule has 2 aliphatic heterocycles. The zero-order chi connectivity index (χ0) is 33.5. The molecular formula is C35H28F3N3O5S2. The first kappa shape index (κ1) is 30.9. The van der Waals surface area contributed by atoms with E-state index in [2.05, 4.69) is 10.3 Å². The molecular weight excluding hydrogens is 664 g/mol. The average molecular weight is 692 g/mol. The number of fused-ring (bicyclic) bond motifs is 9. The van der Waals surface area contributed by atoms with Crippen molar-refractivity contribution in [1.29, 1.82) is 0 Å². The summed E-state index contributed by atoms with van der Waals surface area (Å²) in [5.74, 6) is -2.67. The standard InChI is InChI=1S/C35H28F3N3O5S2/c1-16-5-2-3-8-23(16)39-24(42)15-46-20-11-9-17(10-12-20)25-26-21-14-22(29(26)47-31-30(25)48-34(45)40-31)28-27(21)32(43)41(33(28)44)19-7-4-6-18(13-19)35(36,37)38/h2-13,21-22,25-29H,14-15H2,1H3,(H,39,42)(H,40,45)/t21-,22-,25+,26-,27+,28+,29-/m1/s1. The van der Waals surface area contributed by atoms with E-state index in [4.69, 9.17) is 4.74 Å². The van der Waals surface area contributed by atoms with Crippen molar-refractivity contribution >= 4 is 52.2 Å². The number of ether oxygens (including phenoxy) is 1. The summed E-state index contributed by atoms with van der Waals surface area (Å²) in [4.78, 5) is 57.5. The first-order valence-corrected chi connectivity index (χ1v) is 17.2. The van der Waals surface area contributed by atoms with Gasteiger partial charge in [-0.1, -0.05) is 47.7 Å². The lowest BCUT2D eigenvalue weighted by molar-refractivity contribution is -0.137. The number of rotatable bonds is 6. The molecule has 1 aromatic heterocycles. The van der Waals surface area contributed by atoms with Gasteiger partial charge in [0.15, 0.2) is 6.61 Å². The van der Waals surface area contributed by atoms with Gasteiger partial charge in [-0.25, -0.2) is 0 Å². The van der Waals surface area contributed by atoms with E-state index in [0.717, 1.165) is 49.4 Å². The largest absolute Gasteiger partial charge is 0.484 e. The Labute approximate surface area is 280 Å². The molecule has 4 aliphatic rings. The number of aromatic amines is 1. The molecule has 0 spiro atoms. The van der Waals surface area contributed by atoms with Crippen molar-refractivity contribution in [2.45, 2.75) is 35.7 Å². The molecule has 2 bridgehead atoms. The molecule has 3 fully saturated rings. The summed E-state index contributed by atoms with van der Waals surface area (Å²) >= 11 is 2.67. The molecule has 2 N–H and O–H groups in total. The maximum absolute atomic E-state index is 13.9. The predicted molar refractivity (Wildman–Crippen MR) is 174 cm³/mol. The summed E-state index contributed by atoms with van der Waals surface area (Å²) in [5.41, 5.74) is 1.57. The van der Waals surface area contributed by atoms with Crippen LogP contribution in [0.1, 0.15) is 33.9 Å². The summed E-state index contributed by atoms with van der Waals surface area (Å²) in [7, 11) is 0. The second kappa shape index (κ2) is 11.4. The summed E-state index contributed by atoms with van der Waals surface area (Å²) in [6, 6.07) is 19.2. The molecule has 3 aromatic carbocycles. The van der Waals surface area contributed by atoms with Crippen molar-refractivity contribution in [3.05, 3.63) is 104 Å². The molecule has 8 nitrogen and oxygen atoms in total. The third-order valence-electron chi connectivity index (χ3n) is 10.2. The van der Waals surface area contributed by atoms with Gasteiger partial charge in [-0.2, -0.15) is 13.2 Å². The van der Waals surface area contributed by atoms with E-state index < -0.39 is 35.4 Å². The third-order valence-corrected chi connectivity index (χ3v) is 12.8. The minimum absolute atomic E-state index is 0.0626. The Morgan fingerprint density at radius 3 is 2.44 bits per heavy atom. The van der Waals surface area contributed by atoms with Gasteiger partial charge in [0.1, 0.15) is 5.75 Å². The molecule has 4 aromatic rings. The Hall–Kier alpha value is -4.36. The van der Waals surface area contributed by atoms with Gasteiger partial charge in [-0.15, -0.1) is 11.8 Å². The van der Waals surface area contributed by atoms with Crippen LogP contribution in [0.5, 0.6) is 5.75 Å². The summed E-state index contributed by atoms with van der Waals surface area (Å²) < 4.78 is 46.3. The first-order valence-electron chi connectivity index (χ1n) is 15.5. The lowest BCUT2D eigenvalue weighted by atomic mass is 9.68. The molecule has 8 rings (SSSR count). The highest BCUT2D eigenvalue weighted by atomic mass is 32.2. The molecule has 0 radical (unpaired) electrons. The fourth-order valence-corrected chi connectivity index (χ4v) is 11.2. The van der Waals surface area contributed by atoms with Crippen LogP contribution in [-0.2, 0) is 20.6 Å². The molecule has 246 valence electrons.